The lowest BCUT2D eigenvalue weighted by atomic mass is 10.2. The van der Waals surface area contributed by atoms with Gasteiger partial charge in [-0.15, -0.1) is 0 Å². The Morgan fingerprint density at radius 1 is 1.60 bits per heavy atom. The zero-order chi connectivity index (χ0) is 7.40. The van der Waals surface area contributed by atoms with Crippen molar-refractivity contribution in [1.82, 2.24) is 16.0 Å². The third kappa shape index (κ3) is 1.68. The smallest absolute Gasteiger partial charge is 0.238 e. The first-order valence-corrected chi connectivity index (χ1v) is 3.50. The standard InChI is InChI=1S/C6H13N3O/c1-7-6(10)5-4-8-2-3-9-5/h5,8-9H,2-4H2,1H3,(H,7,10)/t5-/m1/s1. The van der Waals surface area contributed by atoms with Crippen LogP contribution in [0.25, 0.3) is 0 Å². The summed E-state index contributed by atoms with van der Waals surface area (Å²) in [6.45, 7) is 2.56. The molecule has 58 valence electrons. The van der Waals surface area contributed by atoms with Crippen LogP contribution in [-0.2, 0) is 4.79 Å². The topological polar surface area (TPSA) is 53.2 Å². The van der Waals surface area contributed by atoms with Gasteiger partial charge in [-0.25, -0.2) is 0 Å². The number of piperazine rings is 1. The summed E-state index contributed by atoms with van der Waals surface area (Å²) >= 11 is 0. The van der Waals surface area contributed by atoms with E-state index < -0.39 is 0 Å². The predicted octanol–water partition coefficient (Wildman–Crippen LogP) is -1.71. The van der Waals surface area contributed by atoms with Crippen molar-refractivity contribution in [1.29, 1.82) is 0 Å². The fourth-order valence-corrected chi connectivity index (χ4v) is 1.01. The van der Waals surface area contributed by atoms with Crippen LogP contribution in [0.15, 0.2) is 0 Å². The van der Waals surface area contributed by atoms with Crippen LogP contribution in [0.5, 0.6) is 0 Å². The molecular weight excluding hydrogens is 130 g/mol. The van der Waals surface area contributed by atoms with Crippen LogP contribution in [0.2, 0.25) is 0 Å². The van der Waals surface area contributed by atoms with Crippen LogP contribution < -0.4 is 16.0 Å². The number of likely N-dealkylation sites (N-methyl/N-ethyl adjacent to an activating group) is 1. The Balaban J connectivity index is 2.31. The normalized spacial score (nSPS) is 25.9. The monoisotopic (exact) mass is 143 g/mol. The Hall–Kier alpha value is -0.610. The summed E-state index contributed by atoms with van der Waals surface area (Å²) in [5.41, 5.74) is 0. The Morgan fingerprint density at radius 3 is 2.90 bits per heavy atom. The summed E-state index contributed by atoms with van der Waals surface area (Å²) in [5, 5.41) is 8.82. The summed E-state index contributed by atoms with van der Waals surface area (Å²) in [5.74, 6) is 0.0622. The number of amides is 1. The molecule has 0 spiro atoms. The minimum Gasteiger partial charge on any atom is -0.358 e. The number of hydrogen-bond donors (Lipinski definition) is 3. The number of carbonyl (C=O) groups is 1. The van der Waals surface area contributed by atoms with E-state index in [1.54, 1.807) is 7.05 Å². The highest BCUT2D eigenvalue weighted by Crippen LogP contribution is 1.85. The predicted molar refractivity (Wildman–Crippen MR) is 38.7 cm³/mol. The molecule has 1 fully saturated rings. The maximum absolute atomic E-state index is 11.0. The van der Waals surface area contributed by atoms with Gasteiger partial charge < -0.3 is 16.0 Å². The summed E-state index contributed by atoms with van der Waals surface area (Å²) in [7, 11) is 1.65. The highest BCUT2D eigenvalue weighted by Gasteiger charge is 2.17. The van der Waals surface area contributed by atoms with Crippen molar-refractivity contribution in [2.24, 2.45) is 0 Å². The summed E-state index contributed by atoms with van der Waals surface area (Å²) in [4.78, 5) is 11.0. The van der Waals surface area contributed by atoms with Gasteiger partial charge in [-0.2, -0.15) is 0 Å². The maximum Gasteiger partial charge on any atom is 0.238 e. The minimum absolute atomic E-state index is 0.0428. The van der Waals surface area contributed by atoms with Gasteiger partial charge in [-0.1, -0.05) is 0 Å². The second-order valence-corrected chi connectivity index (χ2v) is 2.33. The van der Waals surface area contributed by atoms with Crippen LogP contribution in [0, 0.1) is 0 Å². The van der Waals surface area contributed by atoms with Crippen LogP contribution in [0.3, 0.4) is 0 Å². The number of hydrogen-bond acceptors (Lipinski definition) is 3. The van der Waals surface area contributed by atoms with Gasteiger partial charge in [0.05, 0.1) is 6.04 Å². The molecule has 0 unspecified atom stereocenters. The lowest BCUT2D eigenvalue weighted by Crippen LogP contribution is -2.55. The van der Waals surface area contributed by atoms with Crippen molar-refractivity contribution < 1.29 is 4.79 Å². The van der Waals surface area contributed by atoms with E-state index in [0.29, 0.717) is 0 Å². The van der Waals surface area contributed by atoms with Gasteiger partial charge in [-0.3, -0.25) is 4.79 Å². The first-order valence-electron chi connectivity index (χ1n) is 3.50. The first-order chi connectivity index (χ1) is 4.84. The molecule has 1 atom stereocenters. The zero-order valence-corrected chi connectivity index (χ0v) is 6.11. The molecule has 10 heavy (non-hydrogen) atoms. The molecule has 1 aliphatic rings. The van der Waals surface area contributed by atoms with Gasteiger partial charge in [-0.05, 0) is 0 Å². The van der Waals surface area contributed by atoms with E-state index in [2.05, 4.69) is 16.0 Å². The van der Waals surface area contributed by atoms with E-state index >= 15 is 0 Å². The molecule has 0 aromatic rings. The fraction of sp³-hybridized carbons (Fsp3) is 0.833. The maximum atomic E-state index is 11.0. The average Bonchev–Trinajstić information content (AvgIpc) is 2.05. The van der Waals surface area contributed by atoms with E-state index in [-0.39, 0.29) is 11.9 Å². The van der Waals surface area contributed by atoms with E-state index in [4.69, 9.17) is 0 Å². The second kappa shape index (κ2) is 3.53. The van der Waals surface area contributed by atoms with Crippen molar-refractivity contribution in [3.8, 4) is 0 Å². The summed E-state index contributed by atoms with van der Waals surface area (Å²) < 4.78 is 0. The lowest BCUT2D eigenvalue weighted by molar-refractivity contribution is -0.122. The van der Waals surface area contributed by atoms with Gasteiger partial charge >= 0.3 is 0 Å². The molecule has 0 aliphatic carbocycles. The van der Waals surface area contributed by atoms with Crippen molar-refractivity contribution in [2.75, 3.05) is 26.7 Å². The Morgan fingerprint density at radius 2 is 2.40 bits per heavy atom. The van der Waals surface area contributed by atoms with Gasteiger partial charge in [0, 0.05) is 26.7 Å². The third-order valence-electron chi connectivity index (χ3n) is 1.60. The minimum atomic E-state index is -0.0428. The molecule has 0 aromatic carbocycles. The molecule has 0 aromatic heterocycles. The van der Waals surface area contributed by atoms with E-state index in [1.807, 2.05) is 0 Å². The third-order valence-corrected chi connectivity index (χ3v) is 1.60. The Kier molecular flexibility index (Phi) is 2.65. The van der Waals surface area contributed by atoms with E-state index in [1.165, 1.54) is 0 Å². The fourth-order valence-electron chi connectivity index (χ4n) is 1.01. The molecule has 1 amide bonds. The number of carbonyl (C=O) groups excluding carboxylic acids is 1. The molecule has 1 heterocycles. The second-order valence-electron chi connectivity index (χ2n) is 2.33. The van der Waals surface area contributed by atoms with Crippen LogP contribution in [0.1, 0.15) is 0 Å². The lowest BCUT2D eigenvalue weighted by Gasteiger charge is -2.22. The largest absolute Gasteiger partial charge is 0.358 e. The molecule has 1 aliphatic heterocycles. The van der Waals surface area contributed by atoms with Crippen LogP contribution in [0.4, 0.5) is 0 Å². The number of rotatable bonds is 1. The highest BCUT2D eigenvalue weighted by atomic mass is 16.2. The number of nitrogens with one attached hydrogen (secondary N) is 3. The van der Waals surface area contributed by atoms with Crippen LogP contribution in [-0.4, -0.2) is 38.6 Å². The zero-order valence-electron chi connectivity index (χ0n) is 6.11. The molecule has 1 saturated heterocycles. The van der Waals surface area contributed by atoms with Crippen molar-refractivity contribution >= 4 is 5.91 Å². The quantitative estimate of drug-likeness (QED) is 0.410. The van der Waals surface area contributed by atoms with Crippen molar-refractivity contribution in [3.63, 3.8) is 0 Å². The molecule has 0 saturated carbocycles. The van der Waals surface area contributed by atoms with E-state index in [0.717, 1.165) is 19.6 Å². The first kappa shape index (κ1) is 7.50. The Bertz CT molecular complexity index is 120. The van der Waals surface area contributed by atoms with Crippen LogP contribution >= 0.6 is 0 Å². The molecular formula is C6H13N3O. The molecule has 0 radical (unpaired) electrons. The SMILES string of the molecule is CNC(=O)[C@H]1CNCCN1. The molecule has 1 rings (SSSR count). The summed E-state index contributed by atoms with van der Waals surface area (Å²) in [6.07, 6.45) is 0. The molecule has 0 bridgehead atoms. The highest BCUT2D eigenvalue weighted by molar-refractivity contribution is 5.81. The molecule has 4 heteroatoms. The molecule has 4 nitrogen and oxygen atoms in total. The van der Waals surface area contributed by atoms with Gasteiger partial charge in [0.25, 0.3) is 0 Å². The average molecular weight is 143 g/mol. The summed E-state index contributed by atoms with van der Waals surface area (Å²) in [6, 6.07) is -0.0428. The van der Waals surface area contributed by atoms with E-state index in [9.17, 15) is 4.79 Å². The van der Waals surface area contributed by atoms with Crippen molar-refractivity contribution in [2.45, 2.75) is 6.04 Å². The van der Waals surface area contributed by atoms with Gasteiger partial charge in [0.15, 0.2) is 0 Å². The van der Waals surface area contributed by atoms with Gasteiger partial charge in [0.2, 0.25) is 5.91 Å². The van der Waals surface area contributed by atoms with Gasteiger partial charge in [0.1, 0.15) is 0 Å². The Labute approximate surface area is 60.4 Å². The molecule has 3 N–H and O–H groups in total. The van der Waals surface area contributed by atoms with Crippen molar-refractivity contribution in [3.05, 3.63) is 0 Å².